The summed E-state index contributed by atoms with van der Waals surface area (Å²) >= 11 is 1.39. The number of anilines is 2. The molecular weight excluding hydrogens is 267 g/mol. The number of esters is 1. The SMILES string of the molecule is COC(=O)c1nc(N(C)c2ccc(F)cc2)sc1C. The molecule has 19 heavy (non-hydrogen) atoms. The second-order valence-electron chi connectivity index (χ2n) is 3.93. The molecule has 0 saturated heterocycles. The highest BCUT2D eigenvalue weighted by Gasteiger charge is 2.18. The van der Waals surface area contributed by atoms with E-state index < -0.39 is 5.97 Å². The Balaban J connectivity index is 2.31. The first-order valence-corrected chi connectivity index (χ1v) is 6.39. The molecule has 0 saturated carbocycles. The Kier molecular flexibility index (Phi) is 3.80. The number of rotatable bonds is 3. The lowest BCUT2D eigenvalue weighted by Gasteiger charge is -2.15. The predicted molar refractivity (Wildman–Crippen MR) is 72.7 cm³/mol. The third-order valence-electron chi connectivity index (χ3n) is 2.66. The molecule has 2 rings (SSSR count). The molecule has 4 nitrogen and oxygen atoms in total. The average molecular weight is 280 g/mol. The van der Waals surface area contributed by atoms with E-state index >= 15 is 0 Å². The van der Waals surface area contributed by atoms with Gasteiger partial charge in [0.15, 0.2) is 10.8 Å². The van der Waals surface area contributed by atoms with Crippen molar-refractivity contribution in [1.82, 2.24) is 4.98 Å². The maximum atomic E-state index is 12.9. The lowest BCUT2D eigenvalue weighted by Crippen LogP contribution is -2.10. The zero-order valence-electron chi connectivity index (χ0n) is 10.8. The normalized spacial score (nSPS) is 10.3. The summed E-state index contributed by atoms with van der Waals surface area (Å²) in [7, 11) is 3.14. The monoisotopic (exact) mass is 280 g/mol. The van der Waals surface area contributed by atoms with Gasteiger partial charge >= 0.3 is 5.97 Å². The highest BCUT2D eigenvalue weighted by atomic mass is 32.1. The first-order valence-electron chi connectivity index (χ1n) is 5.58. The van der Waals surface area contributed by atoms with E-state index in [-0.39, 0.29) is 5.82 Å². The van der Waals surface area contributed by atoms with Gasteiger partial charge in [0.05, 0.1) is 7.11 Å². The van der Waals surface area contributed by atoms with Crippen LogP contribution in [0.2, 0.25) is 0 Å². The van der Waals surface area contributed by atoms with Crippen LogP contribution in [0.1, 0.15) is 15.4 Å². The van der Waals surface area contributed by atoms with Crippen LogP contribution >= 0.6 is 11.3 Å². The number of aromatic nitrogens is 1. The summed E-state index contributed by atoms with van der Waals surface area (Å²) < 4.78 is 17.5. The van der Waals surface area contributed by atoms with E-state index in [1.54, 1.807) is 17.0 Å². The minimum atomic E-state index is -0.451. The molecule has 0 amide bonds. The number of ether oxygens (including phenoxy) is 1. The number of halogens is 1. The van der Waals surface area contributed by atoms with Crippen molar-refractivity contribution in [3.05, 3.63) is 40.7 Å². The summed E-state index contributed by atoms with van der Waals surface area (Å²) in [5, 5.41) is 0.657. The number of carbonyl (C=O) groups excluding carboxylic acids is 1. The largest absolute Gasteiger partial charge is 0.464 e. The highest BCUT2D eigenvalue weighted by molar-refractivity contribution is 7.15. The Labute approximate surface area is 114 Å². The average Bonchev–Trinajstić information content (AvgIpc) is 2.80. The van der Waals surface area contributed by atoms with Gasteiger partial charge in [-0.2, -0.15) is 0 Å². The number of hydrogen-bond acceptors (Lipinski definition) is 5. The van der Waals surface area contributed by atoms with Crippen molar-refractivity contribution in [3.63, 3.8) is 0 Å². The number of benzene rings is 1. The Hall–Kier alpha value is -1.95. The van der Waals surface area contributed by atoms with Crippen LogP contribution in [0.3, 0.4) is 0 Å². The number of nitrogens with zero attached hydrogens (tertiary/aromatic N) is 2. The predicted octanol–water partition coefficient (Wildman–Crippen LogP) is 3.15. The van der Waals surface area contributed by atoms with Gasteiger partial charge in [-0.3, -0.25) is 0 Å². The van der Waals surface area contributed by atoms with E-state index in [4.69, 9.17) is 0 Å². The molecule has 6 heteroatoms. The third kappa shape index (κ3) is 2.73. The fourth-order valence-electron chi connectivity index (χ4n) is 1.59. The molecule has 0 fully saturated rings. The summed E-state index contributed by atoms with van der Waals surface area (Å²) in [5.74, 6) is -0.741. The first-order chi connectivity index (χ1) is 9.02. The van der Waals surface area contributed by atoms with E-state index in [0.29, 0.717) is 10.8 Å². The standard InChI is InChI=1S/C13H13FN2O2S/c1-8-11(12(17)18-3)15-13(19-8)16(2)10-6-4-9(14)5-7-10/h4-7H,1-3H3. The van der Waals surface area contributed by atoms with Gasteiger partial charge in [-0.1, -0.05) is 0 Å². The molecule has 0 N–H and O–H groups in total. The fourth-order valence-corrected chi connectivity index (χ4v) is 2.47. The van der Waals surface area contributed by atoms with Gasteiger partial charge in [-0.25, -0.2) is 14.2 Å². The van der Waals surface area contributed by atoms with E-state index in [0.717, 1.165) is 10.6 Å². The first kappa shape index (κ1) is 13.5. The van der Waals surface area contributed by atoms with Crippen molar-refractivity contribution >= 4 is 28.1 Å². The fraction of sp³-hybridized carbons (Fsp3) is 0.231. The molecule has 0 aliphatic heterocycles. The third-order valence-corrected chi connectivity index (χ3v) is 3.71. The van der Waals surface area contributed by atoms with Gasteiger partial charge in [0, 0.05) is 17.6 Å². The smallest absolute Gasteiger partial charge is 0.357 e. The van der Waals surface area contributed by atoms with Gasteiger partial charge in [0.2, 0.25) is 0 Å². The molecule has 0 bridgehead atoms. The second-order valence-corrected chi connectivity index (χ2v) is 5.11. The summed E-state index contributed by atoms with van der Waals surface area (Å²) in [6, 6.07) is 6.08. The molecule has 2 aromatic rings. The number of carbonyl (C=O) groups is 1. The molecule has 0 atom stereocenters. The van der Waals surface area contributed by atoms with Crippen LogP contribution in [0.5, 0.6) is 0 Å². The van der Waals surface area contributed by atoms with Crippen molar-refractivity contribution in [1.29, 1.82) is 0 Å². The Morgan fingerprint density at radius 3 is 2.58 bits per heavy atom. The molecule has 0 unspecified atom stereocenters. The molecule has 1 aromatic heterocycles. The van der Waals surface area contributed by atoms with Crippen molar-refractivity contribution in [2.75, 3.05) is 19.1 Å². The van der Waals surface area contributed by atoms with E-state index in [9.17, 15) is 9.18 Å². The van der Waals surface area contributed by atoms with E-state index in [2.05, 4.69) is 9.72 Å². The zero-order chi connectivity index (χ0) is 14.0. The lowest BCUT2D eigenvalue weighted by atomic mass is 10.3. The number of hydrogen-bond donors (Lipinski definition) is 0. The van der Waals surface area contributed by atoms with Crippen molar-refractivity contribution < 1.29 is 13.9 Å². The zero-order valence-corrected chi connectivity index (χ0v) is 11.6. The van der Waals surface area contributed by atoms with E-state index in [1.807, 2.05) is 14.0 Å². The molecule has 0 spiro atoms. The molecular formula is C13H13FN2O2S. The molecule has 100 valence electrons. The molecule has 1 aromatic carbocycles. The highest BCUT2D eigenvalue weighted by Crippen LogP contribution is 2.30. The van der Waals surface area contributed by atoms with Crippen LogP contribution in [0.15, 0.2) is 24.3 Å². The van der Waals surface area contributed by atoms with Crippen LogP contribution < -0.4 is 4.90 Å². The number of aryl methyl sites for hydroxylation is 1. The molecule has 0 radical (unpaired) electrons. The van der Waals surface area contributed by atoms with Gasteiger partial charge in [0.1, 0.15) is 5.82 Å². The van der Waals surface area contributed by atoms with Crippen molar-refractivity contribution in [2.24, 2.45) is 0 Å². The van der Waals surface area contributed by atoms with Gasteiger partial charge in [0.25, 0.3) is 0 Å². The molecule has 0 aliphatic rings. The van der Waals surface area contributed by atoms with Gasteiger partial charge < -0.3 is 9.64 Å². The molecule has 0 aliphatic carbocycles. The maximum Gasteiger partial charge on any atom is 0.357 e. The summed E-state index contributed by atoms with van der Waals surface area (Å²) in [6.07, 6.45) is 0. The minimum Gasteiger partial charge on any atom is -0.464 e. The van der Waals surface area contributed by atoms with Crippen molar-refractivity contribution in [3.8, 4) is 0 Å². The quantitative estimate of drug-likeness (QED) is 0.810. The van der Waals surface area contributed by atoms with Crippen LogP contribution in [-0.4, -0.2) is 25.1 Å². The Morgan fingerprint density at radius 1 is 1.37 bits per heavy atom. The van der Waals surface area contributed by atoms with Gasteiger partial charge in [-0.15, -0.1) is 11.3 Å². The van der Waals surface area contributed by atoms with Crippen LogP contribution in [0.25, 0.3) is 0 Å². The minimum absolute atomic E-state index is 0.289. The maximum absolute atomic E-state index is 12.9. The summed E-state index contributed by atoms with van der Waals surface area (Å²) in [4.78, 5) is 18.3. The Morgan fingerprint density at radius 2 is 2.00 bits per heavy atom. The molecule has 1 heterocycles. The van der Waals surface area contributed by atoms with Crippen LogP contribution in [-0.2, 0) is 4.74 Å². The summed E-state index contributed by atoms with van der Waals surface area (Å²) in [6.45, 7) is 1.81. The van der Waals surface area contributed by atoms with Crippen molar-refractivity contribution in [2.45, 2.75) is 6.92 Å². The number of thiazole rings is 1. The van der Waals surface area contributed by atoms with Crippen LogP contribution in [0.4, 0.5) is 15.2 Å². The lowest BCUT2D eigenvalue weighted by molar-refractivity contribution is 0.0594. The van der Waals surface area contributed by atoms with Crippen LogP contribution in [0, 0.1) is 12.7 Å². The Bertz CT molecular complexity index is 595. The second kappa shape index (κ2) is 5.36. The number of methoxy groups -OCH3 is 1. The topological polar surface area (TPSA) is 42.4 Å². The summed E-state index contributed by atoms with van der Waals surface area (Å²) in [5.41, 5.74) is 1.11. The van der Waals surface area contributed by atoms with E-state index in [1.165, 1.54) is 30.6 Å². The van der Waals surface area contributed by atoms with Gasteiger partial charge in [-0.05, 0) is 31.2 Å².